The maximum absolute atomic E-state index is 11.1. The van der Waals surface area contributed by atoms with Gasteiger partial charge in [-0.25, -0.2) is 4.98 Å². The molecule has 0 bridgehead atoms. The highest BCUT2D eigenvalue weighted by Gasteiger charge is 2.18. The molecule has 1 aromatic rings. The number of ether oxygens (including phenoxy) is 1. The van der Waals surface area contributed by atoms with E-state index in [4.69, 9.17) is 5.73 Å². The Morgan fingerprint density at radius 1 is 1.35 bits per heavy atom. The second kappa shape index (κ2) is 6.56. The van der Waals surface area contributed by atoms with E-state index >= 15 is 0 Å². The van der Waals surface area contributed by atoms with Crippen LogP contribution in [0.5, 0.6) is 0 Å². The quantitative estimate of drug-likeness (QED) is 0.816. The van der Waals surface area contributed by atoms with Crippen molar-refractivity contribution in [1.82, 2.24) is 9.88 Å². The van der Waals surface area contributed by atoms with Gasteiger partial charge < -0.3 is 15.4 Å². The van der Waals surface area contributed by atoms with Crippen molar-refractivity contribution in [1.29, 1.82) is 0 Å². The van der Waals surface area contributed by atoms with E-state index in [1.807, 2.05) is 19.1 Å². The topological polar surface area (TPSA) is 71.7 Å². The zero-order valence-electron chi connectivity index (χ0n) is 12.1. The Labute approximate surface area is 119 Å². The molecule has 1 saturated heterocycles. The standard InChI is InChI=1S/C14H22N4O2/c1-11-12(15)3-4-13(16-11)18-9-7-17(8-10-18)6-5-14(19)20-2/h3-4H,5-10,15H2,1-2H3. The summed E-state index contributed by atoms with van der Waals surface area (Å²) >= 11 is 0. The van der Waals surface area contributed by atoms with Crippen molar-refractivity contribution >= 4 is 17.5 Å². The molecule has 0 radical (unpaired) electrons. The van der Waals surface area contributed by atoms with Crippen LogP contribution in [-0.2, 0) is 9.53 Å². The van der Waals surface area contributed by atoms with Crippen molar-refractivity contribution in [2.75, 3.05) is 50.5 Å². The average Bonchev–Trinajstić information content (AvgIpc) is 2.48. The van der Waals surface area contributed by atoms with Crippen molar-refractivity contribution < 1.29 is 9.53 Å². The van der Waals surface area contributed by atoms with Crippen molar-refractivity contribution in [2.24, 2.45) is 0 Å². The number of piperazine rings is 1. The summed E-state index contributed by atoms with van der Waals surface area (Å²) in [5.41, 5.74) is 7.39. The van der Waals surface area contributed by atoms with Gasteiger partial charge in [-0.15, -0.1) is 0 Å². The number of pyridine rings is 1. The number of carbonyl (C=O) groups is 1. The lowest BCUT2D eigenvalue weighted by Crippen LogP contribution is -2.47. The van der Waals surface area contributed by atoms with Crippen LogP contribution in [-0.4, -0.2) is 55.7 Å². The smallest absolute Gasteiger partial charge is 0.306 e. The number of hydrogen-bond acceptors (Lipinski definition) is 6. The van der Waals surface area contributed by atoms with E-state index in [-0.39, 0.29) is 5.97 Å². The summed E-state index contributed by atoms with van der Waals surface area (Å²) in [7, 11) is 1.43. The molecule has 0 spiro atoms. The van der Waals surface area contributed by atoms with Gasteiger partial charge in [-0.05, 0) is 19.1 Å². The fourth-order valence-electron chi connectivity index (χ4n) is 2.29. The minimum absolute atomic E-state index is 0.150. The first-order valence-electron chi connectivity index (χ1n) is 6.87. The number of hydrogen-bond donors (Lipinski definition) is 1. The average molecular weight is 278 g/mol. The van der Waals surface area contributed by atoms with Crippen LogP contribution in [0.3, 0.4) is 0 Å². The molecule has 0 aliphatic carbocycles. The molecule has 0 amide bonds. The summed E-state index contributed by atoms with van der Waals surface area (Å²) < 4.78 is 4.66. The predicted molar refractivity (Wildman–Crippen MR) is 78.7 cm³/mol. The Kier molecular flexibility index (Phi) is 4.79. The van der Waals surface area contributed by atoms with Crippen LogP contribution in [0.25, 0.3) is 0 Å². The second-order valence-corrected chi connectivity index (χ2v) is 5.00. The third kappa shape index (κ3) is 3.60. The molecular weight excluding hydrogens is 256 g/mol. The first-order valence-corrected chi connectivity index (χ1v) is 6.87. The van der Waals surface area contributed by atoms with Crippen LogP contribution in [0.15, 0.2) is 12.1 Å². The lowest BCUT2D eigenvalue weighted by Gasteiger charge is -2.35. The van der Waals surface area contributed by atoms with Gasteiger partial charge in [-0.3, -0.25) is 9.69 Å². The number of nitrogens with zero attached hydrogens (tertiary/aromatic N) is 3. The summed E-state index contributed by atoms with van der Waals surface area (Å²) in [4.78, 5) is 20.2. The number of nitrogens with two attached hydrogens (primary N) is 1. The van der Waals surface area contributed by atoms with Crippen LogP contribution >= 0.6 is 0 Å². The molecular formula is C14H22N4O2. The summed E-state index contributed by atoms with van der Waals surface area (Å²) in [5.74, 6) is 0.826. The number of aryl methyl sites for hydroxylation is 1. The van der Waals surface area contributed by atoms with E-state index in [2.05, 4.69) is 19.5 Å². The van der Waals surface area contributed by atoms with Crippen molar-refractivity contribution in [3.05, 3.63) is 17.8 Å². The Balaban J connectivity index is 1.84. The number of aromatic nitrogens is 1. The third-order valence-corrected chi connectivity index (χ3v) is 3.67. The molecule has 2 rings (SSSR count). The lowest BCUT2D eigenvalue weighted by atomic mass is 10.2. The largest absolute Gasteiger partial charge is 0.469 e. The summed E-state index contributed by atoms with van der Waals surface area (Å²) in [5, 5.41) is 0. The maximum atomic E-state index is 11.1. The molecule has 0 unspecified atom stereocenters. The Morgan fingerprint density at radius 3 is 2.65 bits per heavy atom. The Bertz CT molecular complexity index is 470. The first kappa shape index (κ1) is 14.6. The monoisotopic (exact) mass is 278 g/mol. The lowest BCUT2D eigenvalue weighted by molar-refractivity contribution is -0.141. The predicted octanol–water partition coefficient (Wildman–Crippen LogP) is 0.657. The zero-order valence-corrected chi connectivity index (χ0v) is 12.1. The molecule has 6 heteroatoms. The Hall–Kier alpha value is -1.82. The number of anilines is 2. The summed E-state index contributed by atoms with van der Waals surface area (Å²) in [6, 6.07) is 3.87. The fraction of sp³-hybridized carbons (Fsp3) is 0.571. The number of esters is 1. The molecule has 0 saturated carbocycles. The molecule has 0 aromatic carbocycles. The third-order valence-electron chi connectivity index (χ3n) is 3.67. The number of methoxy groups -OCH3 is 1. The van der Waals surface area contributed by atoms with Gasteiger partial charge in [-0.2, -0.15) is 0 Å². The van der Waals surface area contributed by atoms with Gasteiger partial charge in [0.1, 0.15) is 5.82 Å². The van der Waals surface area contributed by atoms with Gasteiger partial charge in [0.2, 0.25) is 0 Å². The van der Waals surface area contributed by atoms with Crippen LogP contribution in [0, 0.1) is 6.92 Å². The van der Waals surface area contributed by atoms with Gasteiger partial charge >= 0.3 is 5.97 Å². The molecule has 1 aliphatic heterocycles. The van der Waals surface area contributed by atoms with Gasteiger partial charge in [-0.1, -0.05) is 0 Å². The van der Waals surface area contributed by atoms with E-state index in [1.165, 1.54) is 7.11 Å². The van der Waals surface area contributed by atoms with Gasteiger partial charge in [0.15, 0.2) is 0 Å². The molecule has 1 fully saturated rings. The van der Waals surface area contributed by atoms with Crippen molar-refractivity contribution in [2.45, 2.75) is 13.3 Å². The molecule has 2 N–H and O–H groups in total. The highest BCUT2D eigenvalue weighted by Crippen LogP contribution is 2.17. The number of nitrogen functional groups attached to an aromatic ring is 1. The van der Waals surface area contributed by atoms with Gasteiger partial charge in [0.05, 0.1) is 24.9 Å². The van der Waals surface area contributed by atoms with E-state index in [0.717, 1.165) is 49.9 Å². The minimum Gasteiger partial charge on any atom is -0.469 e. The molecule has 110 valence electrons. The van der Waals surface area contributed by atoms with E-state index in [9.17, 15) is 4.79 Å². The normalized spacial score (nSPS) is 16.2. The molecule has 2 heterocycles. The Morgan fingerprint density at radius 2 is 2.05 bits per heavy atom. The fourth-order valence-corrected chi connectivity index (χ4v) is 2.29. The summed E-state index contributed by atoms with van der Waals surface area (Å²) in [6.45, 7) is 6.37. The minimum atomic E-state index is -0.150. The van der Waals surface area contributed by atoms with Crippen molar-refractivity contribution in [3.8, 4) is 0 Å². The van der Waals surface area contributed by atoms with Crippen LogP contribution in [0.1, 0.15) is 12.1 Å². The first-order chi connectivity index (χ1) is 9.60. The van der Waals surface area contributed by atoms with E-state index < -0.39 is 0 Å². The summed E-state index contributed by atoms with van der Waals surface area (Å²) in [6.07, 6.45) is 0.454. The molecule has 0 atom stereocenters. The van der Waals surface area contributed by atoms with Crippen molar-refractivity contribution in [3.63, 3.8) is 0 Å². The zero-order chi connectivity index (χ0) is 14.5. The van der Waals surface area contributed by atoms with E-state index in [0.29, 0.717) is 6.42 Å². The SMILES string of the molecule is COC(=O)CCN1CCN(c2ccc(N)c(C)n2)CC1. The highest BCUT2D eigenvalue weighted by atomic mass is 16.5. The van der Waals surface area contributed by atoms with Crippen LogP contribution in [0.2, 0.25) is 0 Å². The molecule has 1 aromatic heterocycles. The highest BCUT2D eigenvalue weighted by molar-refractivity contribution is 5.69. The van der Waals surface area contributed by atoms with Crippen LogP contribution < -0.4 is 10.6 Å². The molecule has 1 aliphatic rings. The molecule has 20 heavy (non-hydrogen) atoms. The number of rotatable bonds is 4. The van der Waals surface area contributed by atoms with E-state index in [1.54, 1.807) is 0 Å². The molecule has 6 nitrogen and oxygen atoms in total. The second-order valence-electron chi connectivity index (χ2n) is 5.00. The van der Waals surface area contributed by atoms with Crippen LogP contribution in [0.4, 0.5) is 11.5 Å². The van der Waals surface area contributed by atoms with Gasteiger partial charge in [0, 0.05) is 32.7 Å². The number of carbonyl (C=O) groups excluding carboxylic acids is 1. The maximum Gasteiger partial charge on any atom is 0.306 e. The van der Waals surface area contributed by atoms with Gasteiger partial charge in [0.25, 0.3) is 0 Å².